The van der Waals surface area contributed by atoms with E-state index in [1.54, 1.807) is 0 Å². The van der Waals surface area contributed by atoms with Crippen molar-refractivity contribution in [3.05, 3.63) is 27.1 Å². The summed E-state index contributed by atoms with van der Waals surface area (Å²) in [6.07, 6.45) is -9.75. The van der Waals surface area contributed by atoms with E-state index in [4.69, 9.17) is 0 Å². The summed E-state index contributed by atoms with van der Waals surface area (Å²) in [6.45, 7) is 0. The van der Waals surface area contributed by atoms with Crippen molar-refractivity contribution >= 4 is 22.6 Å². The van der Waals surface area contributed by atoms with Gasteiger partial charge in [0.15, 0.2) is 5.69 Å². The van der Waals surface area contributed by atoms with Gasteiger partial charge in [0.1, 0.15) is 5.69 Å². The van der Waals surface area contributed by atoms with Crippen LogP contribution in [0, 0.1) is 3.57 Å². The van der Waals surface area contributed by atoms with Crippen molar-refractivity contribution in [3.63, 3.8) is 0 Å². The standard InChI is InChI=1S/C7H2F6IN/c8-6(9,10)4-2-1-3(14)5(15-4)7(11,12)13/h1-2H. The van der Waals surface area contributed by atoms with Crippen LogP contribution in [0.25, 0.3) is 0 Å². The summed E-state index contributed by atoms with van der Waals surface area (Å²) < 4.78 is 72.3. The highest BCUT2D eigenvalue weighted by Gasteiger charge is 2.39. The van der Waals surface area contributed by atoms with Crippen LogP contribution in [0.4, 0.5) is 26.3 Å². The Morgan fingerprint density at radius 1 is 0.933 bits per heavy atom. The van der Waals surface area contributed by atoms with E-state index in [1.165, 1.54) is 22.6 Å². The Morgan fingerprint density at radius 3 is 1.87 bits per heavy atom. The molecule has 8 heteroatoms. The van der Waals surface area contributed by atoms with Crippen LogP contribution in [0.15, 0.2) is 12.1 Å². The average molecular weight is 341 g/mol. The van der Waals surface area contributed by atoms with Gasteiger partial charge in [0.2, 0.25) is 0 Å². The topological polar surface area (TPSA) is 12.9 Å². The summed E-state index contributed by atoms with van der Waals surface area (Å²) in [7, 11) is 0. The van der Waals surface area contributed by atoms with Crippen molar-refractivity contribution in [2.75, 3.05) is 0 Å². The summed E-state index contributed by atoms with van der Waals surface area (Å²) in [6, 6.07) is 1.25. The number of pyridine rings is 1. The van der Waals surface area contributed by atoms with E-state index < -0.39 is 23.7 Å². The van der Waals surface area contributed by atoms with Crippen LogP contribution in [-0.4, -0.2) is 4.98 Å². The molecule has 1 aromatic rings. The van der Waals surface area contributed by atoms with Crippen LogP contribution < -0.4 is 0 Å². The minimum absolute atomic E-state index is 0.367. The van der Waals surface area contributed by atoms with Crippen molar-refractivity contribution in [1.82, 2.24) is 4.98 Å². The number of nitrogens with zero attached hydrogens (tertiary/aromatic N) is 1. The van der Waals surface area contributed by atoms with Gasteiger partial charge in [-0.3, -0.25) is 0 Å². The van der Waals surface area contributed by atoms with E-state index in [0.717, 1.165) is 6.07 Å². The second-order valence-electron chi connectivity index (χ2n) is 2.52. The molecule has 1 heterocycles. The Bertz CT molecular complexity index is 369. The van der Waals surface area contributed by atoms with Crippen LogP contribution >= 0.6 is 22.6 Å². The second-order valence-corrected chi connectivity index (χ2v) is 3.68. The first kappa shape index (κ1) is 12.5. The van der Waals surface area contributed by atoms with Crippen LogP contribution in [-0.2, 0) is 12.4 Å². The smallest absolute Gasteiger partial charge is 0.238 e. The Morgan fingerprint density at radius 2 is 1.47 bits per heavy atom. The van der Waals surface area contributed by atoms with Gasteiger partial charge in [-0.25, -0.2) is 4.98 Å². The van der Waals surface area contributed by atoms with E-state index in [0.29, 0.717) is 6.07 Å². The maximum atomic E-state index is 12.2. The van der Waals surface area contributed by atoms with Gasteiger partial charge in [0.05, 0.1) is 0 Å². The molecule has 0 atom stereocenters. The molecule has 84 valence electrons. The van der Waals surface area contributed by atoms with Crippen molar-refractivity contribution in [3.8, 4) is 0 Å². The Balaban J connectivity index is 3.30. The number of alkyl halides is 6. The predicted molar refractivity (Wildman–Crippen MR) is 47.0 cm³/mol. The van der Waals surface area contributed by atoms with Gasteiger partial charge in [-0.1, -0.05) is 0 Å². The summed E-state index contributed by atoms with van der Waals surface area (Å²) in [5, 5.41) is 0. The highest BCUT2D eigenvalue weighted by atomic mass is 127. The zero-order chi connectivity index (χ0) is 11.9. The summed E-state index contributed by atoms with van der Waals surface area (Å²) in [4.78, 5) is 2.56. The third-order valence-corrected chi connectivity index (χ3v) is 2.28. The van der Waals surface area contributed by atoms with Crippen molar-refractivity contribution < 1.29 is 26.3 Å². The quantitative estimate of drug-likeness (QED) is 0.518. The van der Waals surface area contributed by atoms with E-state index in [9.17, 15) is 26.3 Å². The van der Waals surface area contributed by atoms with Crippen LogP contribution in [0.2, 0.25) is 0 Å². The summed E-state index contributed by atoms with van der Waals surface area (Å²) in [5.74, 6) is 0. The Kier molecular flexibility index (Phi) is 3.17. The first-order valence-electron chi connectivity index (χ1n) is 3.43. The molecule has 0 fully saturated rings. The molecule has 1 aromatic heterocycles. The van der Waals surface area contributed by atoms with Crippen LogP contribution in [0.1, 0.15) is 11.4 Å². The molecule has 0 spiro atoms. The largest absolute Gasteiger partial charge is 0.434 e. The normalized spacial score (nSPS) is 13.0. The lowest BCUT2D eigenvalue weighted by Crippen LogP contribution is -2.16. The van der Waals surface area contributed by atoms with Gasteiger partial charge in [-0.2, -0.15) is 26.3 Å². The van der Waals surface area contributed by atoms with Gasteiger partial charge in [0.25, 0.3) is 0 Å². The van der Waals surface area contributed by atoms with Crippen molar-refractivity contribution in [1.29, 1.82) is 0 Å². The lowest BCUT2D eigenvalue weighted by molar-refractivity contribution is -0.150. The molecule has 0 aromatic carbocycles. The molecule has 1 rings (SSSR count). The van der Waals surface area contributed by atoms with Gasteiger partial charge in [0, 0.05) is 3.57 Å². The lowest BCUT2D eigenvalue weighted by Gasteiger charge is -2.11. The molecule has 0 saturated carbocycles. The third kappa shape index (κ3) is 2.95. The number of aromatic nitrogens is 1. The SMILES string of the molecule is FC(F)(F)c1ccc(I)c(C(F)(F)F)n1. The number of halogens is 7. The molecule has 0 aliphatic heterocycles. The van der Waals surface area contributed by atoms with E-state index >= 15 is 0 Å². The Labute approximate surface area is 93.6 Å². The predicted octanol–water partition coefficient (Wildman–Crippen LogP) is 3.72. The van der Waals surface area contributed by atoms with Crippen LogP contribution in [0.3, 0.4) is 0 Å². The molecular formula is C7H2F6IN. The van der Waals surface area contributed by atoms with Crippen molar-refractivity contribution in [2.45, 2.75) is 12.4 Å². The first-order chi connectivity index (χ1) is 6.62. The Hall–Kier alpha value is -0.540. The zero-order valence-electron chi connectivity index (χ0n) is 6.75. The number of hydrogen-bond donors (Lipinski definition) is 0. The molecule has 0 aliphatic carbocycles. The molecule has 0 radical (unpaired) electrons. The minimum atomic E-state index is -4.88. The van der Waals surface area contributed by atoms with Crippen LogP contribution in [0.5, 0.6) is 0 Å². The van der Waals surface area contributed by atoms with Gasteiger partial charge in [-0.05, 0) is 34.7 Å². The van der Waals surface area contributed by atoms with E-state index in [1.807, 2.05) is 0 Å². The first-order valence-corrected chi connectivity index (χ1v) is 4.51. The number of hydrogen-bond acceptors (Lipinski definition) is 1. The fraction of sp³-hybridized carbons (Fsp3) is 0.286. The van der Waals surface area contributed by atoms with Crippen molar-refractivity contribution in [2.24, 2.45) is 0 Å². The highest BCUT2D eigenvalue weighted by Crippen LogP contribution is 2.34. The van der Waals surface area contributed by atoms with Gasteiger partial charge >= 0.3 is 12.4 Å². The number of rotatable bonds is 0. The highest BCUT2D eigenvalue weighted by molar-refractivity contribution is 14.1. The molecule has 15 heavy (non-hydrogen) atoms. The summed E-state index contributed by atoms with van der Waals surface area (Å²) >= 11 is 1.28. The fourth-order valence-electron chi connectivity index (χ4n) is 0.799. The molecule has 0 aliphatic rings. The molecule has 0 N–H and O–H groups in total. The minimum Gasteiger partial charge on any atom is -0.238 e. The monoisotopic (exact) mass is 341 g/mol. The van der Waals surface area contributed by atoms with E-state index in [2.05, 4.69) is 4.98 Å². The molecule has 0 amide bonds. The zero-order valence-corrected chi connectivity index (χ0v) is 8.91. The molecule has 0 bridgehead atoms. The lowest BCUT2D eigenvalue weighted by atomic mass is 10.3. The summed E-state index contributed by atoms with van der Waals surface area (Å²) in [5.41, 5.74) is -3.06. The maximum Gasteiger partial charge on any atom is 0.434 e. The molecule has 0 saturated heterocycles. The molecular weight excluding hydrogens is 339 g/mol. The second kappa shape index (κ2) is 3.80. The molecule has 0 unspecified atom stereocenters. The third-order valence-electron chi connectivity index (χ3n) is 1.40. The maximum absolute atomic E-state index is 12.2. The fourth-order valence-corrected chi connectivity index (χ4v) is 1.41. The van der Waals surface area contributed by atoms with E-state index in [-0.39, 0.29) is 3.57 Å². The van der Waals surface area contributed by atoms with Gasteiger partial charge < -0.3 is 0 Å². The molecule has 1 nitrogen and oxygen atoms in total. The van der Waals surface area contributed by atoms with Gasteiger partial charge in [-0.15, -0.1) is 0 Å². The average Bonchev–Trinajstić information content (AvgIpc) is 2.00.